The smallest absolute Gasteiger partial charge is 0.219 e. The summed E-state index contributed by atoms with van der Waals surface area (Å²) < 4.78 is 7.89. The summed E-state index contributed by atoms with van der Waals surface area (Å²) in [6.07, 6.45) is 4.13. The Balaban J connectivity index is 1.06. The summed E-state index contributed by atoms with van der Waals surface area (Å²) in [5.41, 5.74) is 1.40. The lowest BCUT2D eigenvalue weighted by Crippen LogP contribution is -2.48. The predicted molar refractivity (Wildman–Crippen MR) is 130 cm³/mol. The number of hydrogen-bond acceptors (Lipinski definition) is 7. The molecular formula is C25H35N7O2. The topological polar surface area (TPSA) is 79.1 Å². The molecule has 1 aromatic carbocycles. The van der Waals surface area contributed by atoms with Crippen molar-refractivity contribution >= 4 is 11.7 Å². The predicted octanol–water partition coefficient (Wildman–Crippen LogP) is 2.12. The number of nitrogens with zero attached hydrogens (tertiary/aromatic N) is 7. The van der Waals surface area contributed by atoms with Crippen LogP contribution in [0.2, 0.25) is 0 Å². The van der Waals surface area contributed by atoms with Gasteiger partial charge in [-0.3, -0.25) is 9.69 Å². The van der Waals surface area contributed by atoms with E-state index in [-0.39, 0.29) is 5.91 Å². The van der Waals surface area contributed by atoms with Gasteiger partial charge in [-0.25, -0.2) is 0 Å². The maximum absolute atomic E-state index is 11.4. The summed E-state index contributed by atoms with van der Waals surface area (Å²) in [4.78, 5) is 18.2. The fraction of sp³-hybridized carbons (Fsp3) is 0.600. The van der Waals surface area contributed by atoms with Crippen molar-refractivity contribution in [2.24, 2.45) is 5.10 Å². The molecule has 2 aromatic rings. The number of carbonyl (C=O) groups excluding carboxylic acids is 1. The summed E-state index contributed by atoms with van der Waals surface area (Å²) in [7, 11) is 0. The number of benzene rings is 1. The van der Waals surface area contributed by atoms with Crippen LogP contribution in [0.15, 0.2) is 29.4 Å². The Kier molecular flexibility index (Phi) is 6.80. The molecule has 2 saturated heterocycles. The first-order chi connectivity index (χ1) is 16.6. The molecule has 2 fully saturated rings. The second kappa shape index (κ2) is 10.1. The lowest BCUT2D eigenvalue weighted by molar-refractivity contribution is -0.130. The molecule has 9 nitrogen and oxygen atoms in total. The van der Waals surface area contributed by atoms with Gasteiger partial charge in [-0.2, -0.15) is 9.78 Å². The van der Waals surface area contributed by atoms with Gasteiger partial charge in [0.25, 0.3) is 0 Å². The highest BCUT2D eigenvalue weighted by Gasteiger charge is 2.26. The number of ether oxygens (including phenoxy) is 1. The van der Waals surface area contributed by atoms with E-state index in [0.717, 1.165) is 88.9 Å². The van der Waals surface area contributed by atoms with E-state index >= 15 is 0 Å². The molecule has 0 aliphatic carbocycles. The van der Waals surface area contributed by atoms with Gasteiger partial charge < -0.3 is 14.5 Å². The van der Waals surface area contributed by atoms with Crippen molar-refractivity contribution in [1.82, 2.24) is 29.6 Å². The number of hydrogen-bond donors (Lipinski definition) is 0. The van der Waals surface area contributed by atoms with Crippen LogP contribution in [0.4, 0.5) is 0 Å². The van der Waals surface area contributed by atoms with Crippen molar-refractivity contribution in [3.8, 4) is 5.75 Å². The zero-order chi connectivity index (χ0) is 23.5. The fourth-order valence-electron chi connectivity index (χ4n) is 5.18. The molecule has 0 unspecified atom stereocenters. The SMILES string of the molecule is CC(=O)N1CCN(CCOc2ccc(C3CCN(C4=Nn5c(C)nnc5CC4)CC3)cc2)CC1. The molecule has 5 rings (SSSR count). The van der Waals surface area contributed by atoms with Gasteiger partial charge in [-0.05, 0) is 43.4 Å². The van der Waals surface area contributed by atoms with Crippen molar-refractivity contribution in [2.45, 2.75) is 45.4 Å². The molecule has 1 amide bonds. The minimum Gasteiger partial charge on any atom is -0.492 e. The largest absolute Gasteiger partial charge is 0.492 e. The van der Waals surface area contributed by atoms with E-state index < -0.39 is 0 Å². The quantitative estimate of drug-likeness (QED) is 0.673. The van der Waals surface area contributed by atoms with Crippen molar-refractivity contribution < 1.29 is 9.53 Å². The molecule has 0 N–H and O–H groups in total. The number of amidine groups is 1. The molecule has 4 heterocycles. The van der Waals surface area contributed by atoms with Crippen LogP contribution < -0.4 is 4.74 Å². The highest BCUT2D eigenvalue weighted by atomic mass is 16.5. The van der Waals surface area contributed by atoms with Gasteiger partial charge in [0.05, 0.1) is 0 Å². The lowest BCUT2D eigenvalue weighted by Gasteiger charge is -2.35. The minimum absolute atomic E-state index is 0.171. The summed E-state index contributed by atoms with van der Waals surface area (Å²) in [6.45, 7) is 10.7. The normalized spacial score (nSPS) is 19.6. The zero-order valence-corrected chi connectivity index (χ0v) is 20.3. The molecule has 182 valence electrons. The van der Waals surface area contributed by atoms with Gasteiger partial charge in [0.15, 0.2) is 11.6 Å². The Labute approximate surface area is 201 Å². The van der Waals surface area contributed by atoms with Gasteiger partial charge in [0.1, 0.15) is 18.2 Å². The molecule has 9 heteroatoms. The molecular weight excluding hydrogens is 430 g/mol. The van der Waals surface area contributed by atoms with Crippen LogP contribution in [0, 0.1) is 6.92 Å². The van der Waals surface area contributed by atoms with E-state index in [9.17, 15) is 4.79 Å². The van der Waals surface area contributed by atoms with Crippen LogP contribution in [-0.2, 0) is 11.2 Å². The number of carbonyl (C=O) groups is 1. The van der Waals surface area contributed by atoms with Gasteiger partial charge in [0.2, 0.25) is 5.91 Å². The van der Waals surface area contributed by atoms with Gasteiger partial charge >= 0.3 is 0 Å². The standard InChI is InChI=1S/C25H35N7O2/c1-19-26-27-24-7-8-25(28-32(19)24)31-11-9-22(10-12-31)21-3-5-23(6-4-21)34-18-17-29-13-15-30(16-14-29)20(2)33/h3-6,22H,7-18H2,1-2H3. The number of amides is 1. The van der Waals surface area contributed by atoms with Crippen LogP contribution in [-0.4, -0.2) is 93.7 Å². The van der Waals surface area contributed by atoms with Crippen LogP contribution in [0.3, 0.4) is 0 Å². The number of piperidine rings is 1. The maximum atomic E-state index is 11.4. The molecule has 0 atom stereocenters. The van der Waals surface area contributed by atoms with Crippen LogP contribution in [0.5, 0.6) is 5.75 Å². The van der Waals surface area contributed by atoms with Crippen molar-refractivity contribution in [3.05, 3.63) is 41.5 Å². The van der Waals surface area contributed by atoms with Crippen molar-refractivity contribution in [1.29, 1.82) is 0 Å². The molecule has 0 radical (unpaired) electrons. The zero-order valence-electron chi connectivity index (χ0n) is 20.3. The number of aromatic nitrogens is 3. The first-order valence-electron chi connectivity index (χ1n) is 12.5. The van der Waals surface area contributed by atoms with E-state index in [2.05, 4.69) is 44.3 Å². The number of fused-ring (bicyclic) bond motifs is 1. The average Bonchev–Trinajstić information content (AvgIpc) is 3.25. The van der Waals surface area contributed by atoms with E-state index in [1.54, 1.807) is 6.92 Å². The first-order valence-corrected chi connectivity index (χ1v) is 12.5. The van der Waals surface area contributed by atoms with E-state index in [0.29, 0.717) is 12.5 Å². The summed E-state index contributed by atoms with van der Waals surface area (Å²) in [5.74, 6) is 4.68. The Morgan fingerprint density at radius 3 is 2.44 bits per heavy atom. The van der Waals surface area contributed by atoms with E-state index in [4.69, 9.17) is 9.84 Å². The highest BCUT2D eigenvalue weighted by molar-refractivity contribution is 5.83. The monoisotopic (exact) mass is 465 g/mol. The Morgan fingerprint density at radius 2 is 1.74 bits per heavy atom. The summed E-state index contributed by atoms with van der Waals surface area (Å²) >= 11 is 0. The fourth-order valence-corrected chi connectivity index (χ4v) is 5.18. The van der Waals surface area contributed by atoms with Crippen molar-refractivity contribution in [3.63, 3.8) is 0 Å². The average molecular weight is 466 g/mol. The van der Waals surface area contributed by atoms with E-state index in [1.807, 2.05) is 16.5 Å². The second-order valence-corrected chi connectivity index (χ2v) is 9.52. The Bertz CT molecular complexity index is 1020. The first kappa shape index (κ1) is 22.8. The Morgan fingerprint density at radius 1 is 1.00 bits per heavy atom. The van der Waals surface area contributed by atoms with Crippen LogP contribution in [0.1, 0.15) is 49.3 Å². The van der Waals surface area contributed by atoms with Crippen LogP contribution in [0.25, 0.3) is 0 Å². The van der Waals surface area contributed by atoms with Crippen LogP contribution >= 0.6 is 0 Å². The minimum atomic E-state index is 0.171. The summed E-state index contributed by atoms with van der Waals surface area (Å²) in [5, 5.41) is 13.2. The number of rotatable bonds is 5. The molecule has 0 saturated carbocycles. The van der Waals surface area contributed by atoms with Crippen molar-refractivity contribution in [2.75, 3.05) is 52.4 Å². The molecule has 0 bridgehead atoms. The van der Waals surface area contributed by atoms with Gasteiger partial charge in [0, 0.05) is 65.6 Å². The molecule has 3 aliphatic rings. The molecule has 0 spiro atoms. The molecule has 34 heavy (non-hydrogen) atoms. The molecule has 3 aliphatic heterocycles. The number of piperazine rings is 1. The third-order valence-corrected chi connectivity index (χ3v) is 7.35. The Hall–Kier alpha value is -2.94. The third-order valence-electron chi connectivity index (χ3n) is 7.35. The lowest BCUT2D eigenvalue weighted by atomic mass is 9.89. The van der Waals surface area contributed by atoms with Gasteiger partial charge in [-0.1, -0.05) is 12.1 Å². The number of aryl methyl sites for hydroxylation is 2. The number of likely N-dealkylation sites (tertiary alicyclic amines) is 1. The highest BCUT2D eigenvalue weighted by Crippen LogP contribution is 2.30. The molecule has 1 aromatic heterocycles. The maximum Gasteiger partial charge on any atom is 0.219 e. The van der Waals surface area contributed by atoms with E-state index in [1.165, 1.54) is 11.4 Å². The second-order valence-electron chi connectivity index (χ2n) is 9.52. The summed E-state index contributed by atoms with van der Waals surface area (Å²) in [6, 6.07) is 8.67. The third kappa shape index (κ3) is 5.09. The van der Waals surface area contributed by atoms with Gasteiger partial charge in [-0.15, -0.1) is 10.2 Å².